The van der Waals surface area contributed by atoms with E-state index in [2.05, 4.69) is 80.4 Å². The molecule has 1 N–H and O–H groups in total. The number of hydrogen-bond donors (Lipinski definition) is 1. The van der Waals surface area contributed by atoms with E-state index in [0.717, 1.165) is 37.2 Å². The molecule has 1 aromatic heterocycles. The van der Waals surface area contributed by atoms with E-state index in [1.54, 1.807) is 12.4 Å². The smallest absolute Gasteiger partial charge is 0.148 e. The van der Waals surface area contributed by atoms with Crippen LogP contribution in [0.1, 0.15) is 17.2 Å². The van der Waals surface area contributed by atoms with E-state index in [4.69, 9.17) is 0 Å². The molecule has 1 saturated heterocycles. The summed E-state index contributed by atoms with van der Waals surface area (Å²) in [6.45, 7) is 3.30. The van der Waals surface area contributed by atoms with E-state index in [0.29, 0.717) is 5.69 Å². The normalized spacial score (nSPS) is 15.3. The monoisotopic (exact) mass is 386 g/mol. The molecule has 1 fully saturated rings. The van der Waals surface area contributed by atoms with Crippen LogP contribution in [-0.2, 0) is 0 Å². The van der Waals surface area contributed by atoms with Crippen molar-refractivity contribution in [3.05, 3.63) is 96.1 Å². The van der Waals surface area contributed by atoms with Crippen LogP contribution in [0.2, 0.25) is 0 Å². The van der Waals surface area contributed by atoms with Crippen LogP contribution >= 0.6 is 0 Å². The maximum Gasteiger partial charge on any atom is 0.148 e. The molecule has 5 heteroatoms. The molecule has 0 bridgehead atoms. The largest absolute Gasteiger partial charge is 0.367 e. The number of anilines is 1. The van der Waals surface area contributed by atoms with Crippen LogP contribution in [0.15, 0.2) is 79.1 Å². The third-order valence-corrected chi connectivity index (χ3v) is 5.74. The Morgan fingerprint density at radius 1 is 0.828 bits per heavy atom. The first-order valence-corrected chi connectivity index (χ1v) is 10.0. The minimum atomic E-state index is -0.196. The molecule has 29 heavy (non-hydrogen) atoms. The van der Waals surface area contributed by atoms with Crippen LogP contribution in [-0.4, -0.2) is 41.0 Å². The molecule has 5 rings (SSSR count). The molecule has 0 atom stereocenters. The zero-order chi connectivity index (χ0) is 19.6. The van der Waals surface area contributed by atoms with Crippen molar-refractivity contribution in [3.63, 3.8) is 0 Å². The number of benzene rings is 3. The number of nitrogens with one attached hydrogen (secondary N) is 1. The van der Waals surface area contributed by atoms with Crippen molar-refractivity contribution >= 4 is 16.7 Å². The molecule has 0 spiro atoms. The number of aromatic amines is 1. The summed E-state index contributed by atoms with van der Waals surface area (Å²) in [6.07, 6.45) is 1.61. The molecule has 146 valence electrons. The van der Waals surface area contributed by atoms with Gasteiger partial charge in [0, 0.05) is 32.2 Å². The molecule has 2 heterocycles. The number of rotatable bonds is 4. The van der Waals surface area contributed by atoms with Gasteiger partial charge in [-0.1, -0.05) is 60.7 Å². The Labute approximate surface area is 169 Å². The van der Waals surface area contributed by atoms with E-state index in [1.807, 2.05) is 6.07 Å². The highest BCUT2D eigenvalue weighted by atomic mass is 19.1. The van der Waals surface area contributed by atoms with Gasteiger partial charge in [-0.15, -0.1) is 0 Å². The summed E-state index contributed by atoms with van der Waals surface area (Å²) in [4.78, 5) is 11.9. The third-order valence-electron chi connectivity index (χ3n) is 5.74. The van der Waals surface area contributed by atoms with Gasteiger partial charge in [-0.2, -0.15) is 0 Å². The fourth-order valence-corrected chi connectivity index (χ4v) is 4.29. The molecule has 1 aliphatic heterocycles. The number of imidazole rings is 1. The summed E-state index contributed by atoms with van der Waals surface area (Å²) in [5, 5.41) is 0. The first-order chi connectivity index (χ1) is 14.3. The number of halogens is 1. The van der Waals surface area contributed by atoms with Gasteiger partial charge in [0.1, 0.15) is 5.82 Å². The summed E-state index contributed by atoms with van der Waals surface area (Å²) < 4.78 is 14.7. The van der Waals surface area contributed by atoms with Gasteiger partial charge in [-0.25, -0.2) is 9.37 Å². The lowest BCUT2D eigenvalue weighted by Gasteiger charge is -2.40. The van der Waals surface area contributed by atoms with Gasteiger partial charge in [0.15, 0.2) is 0 Å². The summed E-state index contributed by atoms with van der Waals surface area (Å²) in [5.41, 5.74) is 4.75. The predicted molar refractivity (Wildman–Crippen MR) is 115 cm³/mol. The second-order valence-electron chi connectivity index (χ2n) is 7.47. The van der Waals surface area contributed by atoms with E-state index in [-0.39, 0.29) is 11.9 Å². The lowest BCUT2D eigenvalue weighted by atomic mass is 9.96. The highest BCUT2D eigenvalue weighted by molar-refractivity contribution is 5.79. The van der Waals surface area contributed by atoms with Crippen molar-refractivity contribution in [1.82, 2.24) is 14.9 Å². The first kappa shape index (κ1) is 17.9. The Hall–Kier alpha value is -3.18. The number of aromatic nitrogens is 2. The van der Waals surface area contributed by atoms with Crippen molar-refractivity contribution in [2.75, 3.05) is 31.1 Å². The number of fused-ring (bicyclic) bond motifs is 1. The van der Waals surface area contributed by atoms with Crippen molar-refractivity contribution in [1.29, 1.82) is 0 Å². The molecular weight excluding hydrogens is 363 g/mol. The summed E-state index contributed by atoms with van der Waals surface area (Å²) in [6, 6.07) is 24.8. The highest BCUT2D eigenvalue weighted by Gasteiger charge is 2.27. The Morgan fingerprint density at radius 3 is 2.07 bits per heavy atom. The number of nitrogens with zero attached hydrogens (tertiary/aromatic N) is 3. The SMILES string of the molecule is Fc1cc2[nH]cnc2cc1N1CCN(C(c2ccccc2)c2ccccc2)CC1. The van der Waals surface area contributed by atoms with E-state index in [9.17, 15) is 4.39 Å². The zero-order valence-electron chi connectivity index (χ0n) is 16.1. The van der Waals surface area contributed by atoms with Crippen LogP contribution in [0.5, 0.6) is 0 Å². The third kappa shape index (κ3) is 3.49. The second-order valence-corrected chi connectivity index (χ2v) is 7.47. The standard InChI is InChI=1S/C24H23FN4/c25-20-15-21-22(27-17-26-21)16-23(20)28-11-13-29(14-12-28)24(18-7-3-1-4-8-18)19-9-5-2-6-10-19/h1-10,15-17,24H,11-14H2,(H,26,27). The van der Waals surface area contributed by atoms with Crippen LogP contribution in [0, 0.1) is 5.82 Å². The van der Waals surface area contributed by atoms with E-state index in [1.165, 1.54) is 11.1 Å². The van der Waals surface area contributed by atoms with Crippen molar-refractivity contribution < 1.29 is 4.39 Å². The fraction of sp³-hybridized carbons (Fsp3) is 0.208. The molecule has 0 aliphatic carbocycles. The van der Waals surface area contributed by atoms with Gasteiger partial charge >= 0.3 is 0 Å². The maximum atomic E-state index is 14.7. The fourth-order valence-electron chi connectivity index (χ4n) is 4.29. The van der Waals surface area contributed by atoms with Crippen LogP contribution in [0.4, 0.5) is 10.1 Å². The molecule has 0 saturated carbocycles. The Kier molecular flexibility index (Phi) is 4.74. The molecule has 0 amide bonds. The number of piperazine rings is 1. The van der Waals surface area contributed by atoms with E-state index >= 15 is 0 Å². The van der Waals surface area contributed by atoms with Crippen LogP contribution in [0.3, 0.4) is 0 Å². The molecule has 0 unspecified atom stereocenters. The van der Waals surface area contributed by atoms with Gasteiger partial charge in [-0.05, 0) is 17.2 Å². The minimum Gasteiger partial charge on any atom is -0.367 e. The lowest BCUT2D eigenvalue weighted by Crippen LogP contribution is -2.48. The average Bonchev–Trinajstić information content (AvgIpc) is 3.23. The Bertz CT molecular complexity index is 1050. The van der Waals surface area contributed by atoms with E-state index < -0.39 is 0 Å². The van der Waals surface area contributed by atoms with Crippen molar-refractivity contribution in [3.8, 4) is 0 Å². The van der Waals surface area contributed by atoms with Crippen LogP contribution < -0.4 is 4.90 Å². The maximum absolute atomic E-state index is 14.7. The molecule has 0 radical (unpaired) electrons. The van der Waals surface area contributed by atoms with Gasteiger partial charge in [0.05, 0.1) is 29.1 Å². The number of H-pyrrole nitrogens is 1. The lowest BCUT2D eigenvalue weighted by molar-refractivity contribution is 0.212. The first-order valence-electron chi connectivity index (χ1n) is 10.0. The quantitative estimate of drug-likeness (QED) is 0.556. The Morgan fingerprint density at radius 2 is 1.45 bits per heavy atom. The molecule has 4 nitrogen and oxygen atoms in total. The zero-order valence-corrected chi connectivity index (χ0v) is 16.1. The molecule has 4 aromatic rings. The van der Waals surface area contributed by atoms with Gasteiger partial charge in [0.2, 0.25) is 0 Å². The predicted octanol–water partition coefficient (Wildman–Crippen LogP) is 4.61. The summed E-state index contributed by atoms with van der Waals surface area (Å²) in [7, 11) is 0. The van der Waals surface area contributed by atoms with Gasteiger partial charge in [0.25, 0.3) is 0 Å². The topological polar surface area (TPSA) is 35.2 Å². The minimum absolute atomic E-state index is 0.196. The van der Waals surface area contributed by atoms with Gasteiger partial charge in [-0.3, -0.25) is 4.90 Å². The van der Waals surface area contributed by atoms with Crippen molar-refractivity contribution in [2.45, 2.75) is 6.04 Å². The molecule has 3 aromatic carbocycles. The molecular formula is C24H23FN4. The summed E-state index contributed by atoms with van der Waals surface area (Å²) >= 11 is 0. The number of hydrogen-bond acceptors (Lipinski definition) is 3. The Balaban J connectivity index is 1.39. The van der Waals surface area contributed by atoms with Gasteiger partial charge < -0.3 is 9.88 Å². The summed E-state index contributed by atoms with van der Waals surface area (Å²) in [5.74, 6) is -0.196. The second kappa shape index (κ2) is 7.68. The van der Waals surface area contributed by atoms with Crippen molar-refractivity contribution in [2.24, 2.45) is 0 Å². The molecule has 1 aliphatic rings. The average molecular weight is 386 g/mol. The highest BCUT2D eigenvalue weighted by Crippen LogP contribution is 2.31. The van der Waals surface area contributed by atoms with Crippen LogP contribution in [0.25, 0.3) is 11.0 Å².